The van der Waals surface area contributed by atoms with Crippen LogP contribution in [0.5, 0.6) is 0 Å². The Kier molecular flexibility index (Phi) is 5.98. The molecule has 30 heavy (non-hydrogen) atoms. The first-order valence-corrected chi connectivity index (χ1v) is 10.3. The molecular weight excluding hydrogens is 420 g/mol. The van der Waals surface area contributed by atoms with Crippen molar-refractivity contribution in [2.75, 3.05) is 7.05 Å². The molecule has 0 saturated heterocycles. The van der Waals surface area contributed by atoms with Crippen molar-refractivity contribution in [3.8, 4) is 22.3 Å². The van der Waals surface area contributed by atoms with Crippen LogP contribution >= 0.6 is 0 Å². The van der Waals surface area contributed by atoms with Gasteiger partial charge in [0, 0.05) is 23.2 Å². The van der Waals surface area contributed by atoms with E-state index in [9.17, 15) is 21.6 Å². The third-order valence-corrected chi connectivity index (χ3v) is 5.53. The van der Waals surface area contributed by atoms with Crippen molar-refractivity contribution in [3.05, 3.63) is 77.6 Å². The number of alkyl halides is 3. The first-order chi connectivity index (χ1) is 14.0. The zero-order valence-corrected chi connectivity index (χ0v) is 16.6. The highest BCUT2D eigenvalue weighted by Crippen LogP contribution is 2.41. The summed E-state index contributed by atoms with van der Waals surface area (Å²) in [5.74, 6) is -0.824. The van der Waals surface area contributed by atoms with Gasteiger partial charge in [-0.05, 0) is 36.4 Å². The van der Waals surface area contributed by atoms with Crippen LogP contribution in [0.2, 0.25) is 0 Å². The second-order valence-electron chi connectivity index (χ2n) is 6.61. The Labute approximate surface area is 171 Å². The molecule has 0 atom stereocenters. The van der Waals surface area contributed by atoms with Crippen LogP contribution in [0.25, 0.3) is 22.3 Å². The lowest BCUT2D eigenvalue weighted by atomic mass is 9.91. The first-order valence-electron chi connectivity index (χ1n) is 8.80. The van der Waals surface area contributed by atoms with Gasteiger partial charge in [-0.2, -0.15) is 13.2 Å². The predicted octanol–water partition coefficient (Wildman–Crippen LogP) is 4.55. The Morgan fingerprint density at radius 1 is 0.967 bits per heavy atom. The van der Waals surface area contributed by atoms with Gasteiger partial charge in [0.05, 0.1) is 10.5 Å². The summed E-state index contributed by atoms with van der Waals surface area (Å²) >= 11 is 0. The fraction of sp³-hybridized carbons (Fsp3) is 0.143. The molecule has 3 aromatic rings. The van der Waals surface area contributed by atoms with Gasteiger partial charge in [0.15, 0.2) is 0 Å². The Morgan fingerprint density at radius 3 is 2.20 bits per heavy atom. The smallest absolute Gasteiger partial charge is 0.316 e. The molecule has 0 aliphatic carbocycles. The topological polar surface area (TPSA) is 72.2 Å². The van der Waals surface area contributed by atoms with Crippen molar-refractivity contribution < 1.29 is 26.0 Å². The maximum absolute atomic E-state index is 15.5. The van der Waals surface area contributed by atoms with Gasteiger partial charge in [0.25, 0.3) is 0 Å². The van der Waals surface area contributed by atoms with E-state index in [0.29, 0.717) is 17.7 Å². The molecule has 3 N–H and O–H groups in total. The molecule has 4 nitrogen and oxygen atoms in total. The van der Waals surface area contributed by atoms with Gasteiger partial charge >= 0.3 is 6.18 Å². The number of halogens is 4. The van der Waals surface area contributed by atoms with Gasteiger partial charge in [0.1, 0.15) is 5.82 Å². The summed E-state index contributed by atoms with van der Waals surface area (Å²) in [4.78, 5) is -0.590. The van der Waals surface area contributed by atoms with Crippen LogP contribution in [-0.4, -0.2) is 15.5 Å². The van der Waals surface area contributed by atoms with E-state index in [4.69, 9.17) is 5.14 Å². The van der Waals surface area contributed by atoms with Gasteiger partial charge in [-0.1, -0.05) is 42.5 Å². The van der Waals surface area contributed by atoms with Gasteiger partial charge in [-0.15, -0.1) is 0 Å². The van der Waals surface area contributed by atoms with E-state index >= 15 is 4.39 Å². The molecule has 0 saturated carbocycles. The van der Waals surface area contributed by atoms with Crippen LogP contribution < -0.4 is 10.5 Å². The predicted molar refractivity (Wildman–Crippen MR) is 106 cm³/mol. The summed E-state index contributed by atoms with van der Waals surface area (Å²) in [7, 11) is -2.85. The van der Waals surface area contributed by atoms with Crippen molar-refractivity contribution >= 4 is 10.0 Å². The van der Waals surface area contributed by atoms with Gasteiger partial charge in [0.2, 0.25) is 10.0 Å². The van der Waals surface area contributed by atoms with Crippen molar-refractivity contribution in [1.29, 1.82) is 0 Å². The number of primary sulfonamides is 1. The summed E-state index contributed by atoms with van der Waals surface area (Å²) in [5, 5.41) is 8.03. The quantitative estimate of drug-likeness (QED) is 0.575. The Morgan fingerprint density at radius 2 is 1.63 bits per heavy atom. The molecule has 9 heteroatoms. The summed E-state index contributed by atoms with van der Waals surface area (Å²) in [6.07, 6.45) is -4.75. The van der Waals surface area contributed by atoms with Crippen LogP contribution in [-0.2, 0) is 22.7 Å². The van der Waals surface area contributed by atoms with Crippen LogP contribution in [0.15, 0.2) is 65.6 Å². The lowest BCUT2D eigenvalue weighted by Gasteiger charge is -2.18. The highest BCUT2D eigenvalue weighted by molar-refractivity contribution is 7.89. The Balaban J connectivity index is 2.45. The van der Waals surface area contributed by atoms with Gasteiger partial charge < -0.3 is 5.32 Å². The number of hydrogen-bond acceptors (Lipinski definition) is 3. The van der Waals surface area contributed by atoms with E-state index in [2.05, 4.69) is 5.32 Å². The SMILES string of the molecule is CNCc1ccc(-c2ccccc2)c(-c2cc(C(F)(F)F)ccc2S(N)(=O)=O)c1F. The molecule has 0 fully saturated rings. The zero-order valence-electron chi connectivity index (χ0n) is 15.8. The number of rotatable bonds is 5. The molecule has 0 aliphatic heterocycles. The Hall–Kier alpha value is -2.75. The number of nitrogens with one attached hydrogen (secondary N) is 1. The third-order valence-electron chi connectivity index (χ3n) is 4.56. The van der Waals surface area contributed by atoms with E-state index in [0.717, 1.165) is 6.07 Å². The molecule has 0 heterocycles. The summed E-state index contributed by atoms with van der Waals surface area (Å²) in [6.45, 7) is 0.0948. The fourth-order valence-corrected chi connectivity index (χ4v) is 3.94. The highest BCUT2D eigenvalue weighted by atomic mass is 32.2. The van der Waals surface area contributed by atoms with E-state index in [1.54, 1.807) is 43.4 Å². The maximum atomic E-state index is 15.5. The second-order valence-corrected chi connectivity index (χ2v) is 8.14. The molecular formula is C21H18F4N2O2S. The molecule has 0 amide bonds. The van der Waals surface area contributed by atoms with E-state index in [-0.39, 0.29) is 23.2 Å². The minimum absolute atomic E-state index is 0.0948. The maximum Gasteiger partial charge on any atom is 0.416 e. The molecule has 0 bridgehead atoms. The minimum Gasteiger partial charge on any atom is -0.316 e. The summed E-state index contributed by atoms with van der Waals surface area (Å²) in [6, 6.07) is 13.4. The van der Waals surface area contributed by atoms with E-state index in [1.807, 2.05) is 0 Å². The normalized spacial score (nSPS) is 12.2. The molecule has 158 valence electrons. The standard InChI is InChI=1S/C21H18F4N2O2S/c1-27-12-14-7-9-16(13-5-3-2-4-6-13)19(20(14)22)17-11-15(21(23,24)25)8-10-18(17)30(26,28)29/h2-11,27H,12H2,1H3,(H2,26,28,29). The first kappa shape index (κ1) is 21.9. The lowest BCUT2D eigenvalue weighted by Crippen LogP contribution is -2.16. The van der Waals surface area contributed by atoms with Crippen LogP contribution in [0.4, 0.5) is 17.6 Å². The molecule has 3 rings (SSSR count). The highest BCUT2D eigenvalue weighted by Gasteiger charge is 2.33. The van der Waals surface area contributed by atoms with Crippen molar-refractivity contribution in [1.82, 2.24) is 5.32 Å². The number of sulfonamides is 1. The van der Waals surface area contributed by atoms with E-state index in [1.165, 1.54) is 6.07 Å². The summed E-state index contributed by atoms with van der Waals surface area (Å²) in [5.41, 5.74) is -0.879. The van der Waals surface area contributed by atoms with Crippen LogP contribution in [0.1, 0.15) is 11.1 Å². The molecule has 3 aromatic carbocycles. The monoisotopic (exact) mass is 438 g/mol. The van der Waals surface area contributed by atoms with Gasteiger partial charge in [-0.3, -0.25) is 0 Å². The number of benzene rings is 3. The minimum atomic E-state index is -4.75. The lowest BCUT2D eigenvalue weighted by molar-refractivity contribution is -0.137. The largest absolute Gasteiger partial charge is 0.416 e. The summed E-state index contributed by atoms with van der Waals surface area (Å²) < 4.78 is 79.8. The zero-order chi connectivity index (χ0) is 22.1. The van der Waals surface area contributed by atoms with Crippen LogP contribution in [0, 0.1) is 5.82 Å². The number of nitrogens with two attached hydrogens (primary N) is 1. The average molecular weight is 438 g/mol. The molecule has 0 aromatic heterocycles. The second kappa shape index (κ2) is 8.17. The average Bonchev–Trinajstić information content (AvgIpc) is 2.68. The number of hydrogen-bond donors (Lipinski definition) is 2. The van der Waals surface area contributed by atoms with Crippen molar-refractivity contribution in [2.45, 2.75) is 17.6 Å². The molecule has 0 radical (unpaired) electrons. The van der Waals surface area contributed by atoms with Crippen molar-refractivity contribution in [3.63, 3.8) is 0 Å². The molecule has 0 aliphatic rings. The third kappa shape index (κ3) is 4.38. The Bertz CT molecular complexity index is 1180. The fourth-order valence-electron chi connectivity index (χ4n) is 3.22. The molecule has 0 unspecified atom stereocenters. The van der Waals surface area contributed by atoms with Crippen LogP contribution in [0.3, 0.4) is 0 Å². The van der Waals surface area contributed by atoms with E-state index < -0.39 is 38.0 Å². The van der Waals surface area contributed by atoms with Crippen molar-refractivity contribution in [2.24, 2.45) is 5.14 Å². The molecule has 0 spiro atoms. The van der Waals surface area contributed by atoms with Gasteiger partial charge in [-0.25, -0.2) is 17.9 Å².